The zero-order valence-corrected chi connectivity index (χ0v) is 8.42. The van der Waals surface area contributed by atoms with Crippen molar-refractivity contribution in [1.29, 1.82) is 0 Å². The first-order chi connectivity index (χ1) is 7.84. The van der Waals surface area contributed by atoms with E-state index in [-0.39, 0.29) is 5.56 Å². The molecule has 0 saturated heterocycles. The van der Waals surface area contributed by atoms with E-state index in [1.54, 1.807) is 0 Å². The quantitative estimate of drug-likeness (QED) is 0.568. The predicted molar refractivity (Wildman–Crippen MR) is 63.3 cm³/mol. The van der Waals surface area contributed by atoms with E-state index in [0.29, 0.717) is 5.52 Å². The summed E-state index contributed by atoms with van der Waals surface area (Å²) in [6, 6.07) is 13.1. The summed E-state index contributed by atoms with van der Waals surface area (Å²) >= 11 is 0. The minimum atomic E-state index is -0.266. The van der Waals surface area contributed by atoms with Gasteiger partial charge >= 0.3 is 0 Å². The summed E-state index contributed by atoms with van der Waals surface area (Å²) in [6.45, 7) is 0. The van der Waals surface area contributed by atoms with Crippen LogP contribution in [-0.4, -0.2) is 9.97 Å². The Morgan fingerprint density at radius 3 is 2.75 bits per heavy atom. The van der Waals surface area contributed by atoms with E-state index in [1.165, 1.54) is 12.3 Å². The van der Waals surface area contributed by atoms with Crippen molar-refractivity contribution in [2.75, 3.05) is 0 Å². The minimum absolute atomic E-state index is 0.266. The van der Waals surface area contributed by atoms with E-state index >= 15 is 0 Å². The van der Waals surface area contributed by atoms with Crippen molar-refractivity contribution in [3.63, 3.8) is 0 Å². The molecule has 1 aromatic heterocycles. The van der Waals surface area contributed by atoms with Crippen molar-refractivity contribution < 1.29 is 0 Å². The maximum atomic E-state index is 11.3. The predicted octanol–water partition coefficient (Wildman–Crippen LogP) is 2.14. The van der Waals surface area contributed by atoms with E-state index in [2.05, 4.69) is 9.97 Å². The van der Waals surface area contributed by atoms with Crippen molar-refractivity contribution >= 4 is 21.8 Å². The van der Waals surface area contributed by atoms with E-state index in [0.717, 1.165) is 16.3 Å². The average Bonchev–Trinajstić information content (AvgIpc) is 2.50. The van der Waals surface area contributed by atoms with Crippen molar-refractivity contribution in [2.24, 2.45) is 0 Å². The molecule has 0 atom stereocenters. The van der Waals surface area contributed by atoms with Gasteiger partial charge in [-0.1, -0.05) is 30.3 Å². The Hall–Kier alpha value is -2.29. The average molecular weight is 208 g/mol. The molecule has 0 aliphatic heterocycles. The third-order valence-corrected chi connectivity index (χ3v) is 2.53. The van der Waals surface area contributed by atoms with Crippen LogP contribution in [0.15, 0.2) is 53.5 Å². The molecule has 0 aliphatic carbocycles. The van der Waals surface area contributed by atoms with Crippen LogP contribution in [0.4, 0.5) is 0 Å². The normalized spacial score (nSPS) is 10.8. The Bertz CT molecular complexity index is 738. The monoisotopic (exact) mass is 208 g/mol. The molecular weight excluding hydrogens is 200 g/mol. The summed E-state index contributed by atoms with van der Waals surface area (Å²) in [4.78, 5) is 19.5. The van der Waals surface area contributed by atoms with E-state index in [1.807, 2.05) is 36.4 Å². The molecular formula is C13H8N2O. The Kier molecular flexibility index (Phi) is 1.90. The second-order valence-corrected chi connectivity index (χ2v) is 3.55. The van der Waals surface area contributed by atoms with Crippen molar-refractivity contribution in [3.8, 4) is 0 Å². The summed E-state index contributed by atoms with van der Waals surface area (Å²) in [7, 11) is 0. The SMILES string of the molecule is O=c1ccnc2c(ccc3ccccc32)n1. The van der Waals surface area contributed by atoms with E-state index in [4.69, 9.17) is 0 Å². The fraction of sp³-hybridized carbons (Fsp3) is 0. The van der Waals surface area contributed by atoms with Gasteiger partial charge in [0.25, 0.3) is 5.56 Å². The van der Waals surface area contributed by atoms with Gasteiger partial charge in [-0.25, -0.2) is 4.98 Å². The fourth-order valence-corrected chi connectivity index (χ4v) is 1.80. The van der Waals surface area contributed by atoms with Gasteiger partial charge < -0.3 is 0 Å². The van der Waals surface area contributed by atoms with Gasteiger partial charge in [0.15, 0.2) is 0 Å². The number of fused-ring (bicyclic) bond motifs is 3. The Morgan fingerprint density at radius 2 is 1.81 bits per heavy atom. The summed E-state index contributed by atoms with van der Waals surface area (Å²) in [5.74, 6) is 0. The van der Waals surface area contributed by atoms with Gasteiger partial charge in [-0.2, -0.15) is 0 Å². The first-order valence-electron chi connectivity index (χ1n) is 4.99. The number of hydrogen-bond donors (Lipinski definition) is 0. The molecule has 3 aromatic rings. The van der Waals surface area contributed by atoms with Crippen LogP contribution in [0, 0.1) is 0 Å². The van der Waals surface area contributed by atoms with Gasteiger partial charge in [-0.05, 0) is 11.5 Å². The van der Waals surface area contributed by atoms with Gasteiger partial charge in [0.05, 0.1) is 11.0 Å². The molecule has 3 heteroatoms. The molecule has 76 valence electrons. The fourth-order valence-electron chi connectivity index (χ4n) is 1.80. The molecule has 1 heterocycles. The lowest BCUT2D eigenvalue weighted by atomic mass is 10.1. The molecule has 0 bridgehead atoms. The maximum Gasteiger partial charge on any atom is 0.271 e. The molecule has 16 heavy (non-hydrogen) atoms. The topological polar surface area (TPSA) is 42.9 Å². The number of benzene rings is 2. The van der Waals surface area contributed by atoms with Crippen LogP contribution in [0.1, 0.15) is 0 Å². The molecule has 0 N–H and O–H groups in total. The number of rotatable bonds is 0. The largest absolute Gasteiger partial charge is 0.271 e. The molecule has 0 saturated carbocycles. The van der Waals surface area contributed by atoms with Crippen LogP contribution in [0.5, 0.6) is 0 Å². The van der Waals surface area contributed by atoms with Gasteiger partial charge in [-0.3, -0.25) is 9.78 Å². The van der Waals surface area contributed by atoms with E-state index < -0.39 is 0 Å². The van der Waals surface area contributed by atoms with Gasteiger partial charge in [0.2, 0.25) is 0 Å². The molecule has 0 aliphatic rings. The summed E-state index contributed by atoms with van der Waals surface area (Å²) in [5, 5.41) is 2.12. The molecule has 0 amide bonds. The van der Waals surface area contributed by atoms with Gasteiger partial charge in [-0.15, -0.1) is 0 Å². The number of aromatic nitrogens is 2. The lowest BCUT2D eigenvalue weighted by molar-refractivity contribution is 1.33. The van der Waals surface area contributed by atoms with Gasteiger partial charge in [0, 0.05) is 17.6 Å². The zero-order chi connectivity index (χ0) is 11.0. The van der Waals surface area contributed by atoms with Crippen molar-refractivity contribution in [3.05, 3.63) is 59.0 Å². The van der Waals surface area contributed by atoms with Crippen LogP contribution in [0.3, 0.4) is 0 Å². The van der Waals surface area contributed by atoms with Crippen LogP contribution in [0.2, 0.25) is 0 Å². The standard InChI is InChI=1S/C13H8N2O/c16-12-7-8-14-13-10-4-2-1-3-9(10)5-6-11(13)15-12/h1-8H. The number of nitrogens with zero attached hydrogens (tertiary/aromatic N) is 2. The van der Waals surface area contributed by atoms with Crippen LogP contribution in [0.25, 0.3) is 21.8 Å². The van der Waals surface area contributed by atoms with Gasteiger partial charge in [0.1, 0.15) is 0 Å². The highest BCUT2D eigenvalue weighted by Crippen LogP contribution is 2.20. The first-order valence-corrected chi connectivity index (χ1v) is 4.99. The molecule has 0 unspecified atom stereocenters. The van der Waals surface area contributed by atoms with E-state index in [9.17, 15) is 4.79 Å². The molecule has 2 aromatic carbocycles. The Balaban J connectivity index is 2.62. The summed E-state index contributed by atoms with van der Waals surface area (Å²) in [6.07, 6.45) is 1.50. The van der Waals surface area contributed by atoms with Crippen LogP contribution < -0.4 is 5.56 Å². The second kappa shape index (κ2) is 3.38. The molecule has 0 radical (unpaired) electrons. The molecule has 0 spiro atoms. The molecule has 3 nitrogen and oxygen atoms in total. The zero-order valence-electron chi connectivity index (χ0n) is 8.42. The summed E-state index contributed by atoms with van der Waals surface area (Å²) < 4.78 is 0. The highest BCUT2D eigenvalue weighted by Gasteiger charge is 2.00. The third-order valence-electron chi connectivity index (χ3n) is 2.53. The number of hydrogen-bond acceptors (Lipinski definition) is 3. The summed E-state index contributed by atoms with van der Waals surface area (Å²) in [5.41, 5.74) is 1.13. The lowest BCUT2D eigenvalue weighted by Gasteiger charge is -1.98. The van der Waals surface area contributed by atoms with Crippen molar-refractivity contribution in [1.82, 2.24) is 9.97 Å². The lowest BCUT2D eigenvalue weighted by Crippen LogP contribution is -1.97. The highest BCUT2D eigenvalue weighted by molar-refractivity contribution is 6.03. The smallest absolute Gasteiger partial charge is 0.267 e. The second-order valence-electron chi connectivity index (χ2n) is 3.55. The third kappa shape index (κ3) is 1.34. The van der Waals surface area contributed by atoms with Crippen molar-refractivity contribution in [2.45, 2.75) is 0 Å². The van der Waals surface area contributed by atoms with Crippen LogP contribution >= 0.6 is 0 Å². The maximum absolute atomic E-state index is 11.3. The molecule has 0 fully saturated rings. The molecule has 3 rings (SSSR count). The van der Waals surface area contributed by atoms with Crippen LogP contribution in [-0.2, 0) is 0 Å². The minimum Gasteiger partial charge on any atom is -0.267 e. The Morgan fingerprint density at radius 1 is 0.938 bits per heavy atom. The first kappa shape index (κ1) is 8.97. The Labute approximate surface area is 91.4 Å². The highest BCUT2D eigenvalue weighted by atomic mass is 16.1.